The normalized spacial score (nSPS) is 18.4. The molecule has 1 heterocycles. The SMILES string of the molecule is CC(C)n1cncc1C(CO)NC1CC1. The van der Waals surface area contributed by atoms with E-state index in [1.54, 1.807) is 0 Å². The molecule has 1 unspecified atom stereocenters. The van der Waals surface area contributed by atoms with Crippen molar-refractivity contribution in [2.24, 2.45) is 0 Å². The molecule has 0 aliphatic heterocycles. The maximum atomic E-state index is 9.38. The van der Waals surface area contributed by atoms with Gasteiger partial charge in [-0.3, -0.25) is 0 Å². The molecule has 1 saturated carbocycles. The Morgan fingerprint density at radius 1 is 1.60 bits per heavy atom. The van der Waals surface area contributed by atoms with E-state index in [2.05, 4.69) is 28.7 Å². The fourth-order valence-corrected chi connectivity index (χ4v) is 1.78. The van der Waals surface area contributed by atoms with Crippen molar-refractivity contribution in [2.45, 2.75) is 44.8 Å². The average Bonchev–Trinajstić information content (AvgIpc) is 2.89. The quantitative estimate of drug-likeness (QED) is 0.767. The minimum absolute atomic E-state index is 0.0300. The van der Waals surface area contributed by atoms with Crippen LogP contribution in [0.2, 0.25) is 0 Å². The number of aliphatic hydroxyl groups excluding tert-OH is 1. The summed E-state index contributed by atoms with van der Waals surface area (Å²) in [6, 6.07) is 1.01. The lowest BCUT2D eigenvalue weighted by atomic mass is 10.2. The number of nitrogens with zero attached hydrogens (tertiary/aromatic N) is 2. The summed E-state index contributed by atoms with van der Waals surface area (Å²) < 4.78 is 2.11. The molecule has 1 aliphatic rings. The van der Waals surface area contributed by atoms with Crippen LogP contribution < -0.4 is 5.32 Å². The molecule has 0 spiro atoms. The molecule has 15 heavy (non-hydrogen) atoms. The zero-order valence-corrected chi connectivity index (χ0v) is 9.35. The third-order valence-electron chi connectivity index (χ3n) is 2.81. The van der Waals surface area contributed by atoms with Crippen molar-refractivity contribution in [3.63, 3.8) is 0 Å². The fraction of sp³-hybridized carbons (Fsp3) is 0.727. The van der Waals surface area contributed by atoms with Crippen LogP contribution in [-0.4, -0.2) is 27.3 Å². The third kappa shape index (κ3) is 2.38. The molecule has 2 N–H and O–H groups in total. The van der Waals surface area contributed by atoms with Crippen molar-refractivity contribution in [1.82, 2.24) is 14.9 Å². The Hall–Kier alpha value is -0.870. The van der Waals surface area contributed by atoms with Crippen LogP contribution in [0.4, 0.5) is 0 Å². The number of hydrogen-bond acceptors (Lipinski definition) is 3. The molecule has 0 amide bonds. The number of aliphatic hydroxyl groups is 1. The number of nitrogens with one attached hydrogen (secondary N) is 1. The molecule has 1 aromatic heterocycles. The number of rotatable bonds is 5. The van der Waals surface area contributed by atoms with Gasteiger partial charge >= 0.3 is 0 Å². The van der Waals surface area contributed by atoms with Crippen LogP contribution in [0.5, 0.6) is 0 Å². The Morgan fingerprint density at radius 2 is 2.33 bits per heavy atom. The van der Waals surface area contributed by atoms with E-state index in [4.69, 9.17) is 0 Å². The Kier molecular flexibility index (Phi) is 3.07. The van der Waals surface area contributed by atoms with Gasteiger partial charge in [-0.1, -0.05) is 0 Å². The summed E-state index contributed by atoms with van der Waals surface area (Å²) in [7, 11) is 0. The zero-order chi connectivity index (χ0) is 10.8. The van der Waals surface area contributed by atoms with Crippen molar-refractivity contribution in [2.75, 3.05) is 6.61 Å². The highest BCUT2D eigenvalue weighted by Crippen LogP contribution is 2.24. The standard InChI is InChI=1S/C11H19N3O/c1-8(2)14-7-12-5-11(14)10(6-15)13-9-3-4-9/h5,7-10,13,15H,3-4,6H2,1-2H3. The van der Waals surface area contributed by atoms with Crippen LogP contribution in [0.3, 0.4) is 0 Å². The predicted molar refractivity (Wildman–Crippen MR) is 58.6 cm³/mol. The highest BCUT2D eigenvalue weighted by atomic mass is 16.3. The second-order valence-electron chi connectivity index (χ2n) is 4.50. The van der Waals surface area contributed by atoms with Crippen molar-refractivity contribution in [1.29, 1.82) is 0 Å². The predicted octanol–water partition coefficient (Wildman–Crippen LogP) is 1.25. The van der Waals surface area contributed by atoms with E-state index in [9.17, 15) is 5.11 Å². The number of hydrogen-bond donors (Lipinski definition) is 2. The van der Waals surface area contributed by atoms with E-state index in [1.165, 1.54) is 12.8 Å². The van der Waals surface area contributed by atoms with Crippen LogP contribution in [0.1, 0.15) is 44.5 Å². The molecule has 84 valence electrons. The van der Waals surface area contributed by atoms with E-state index >= 15 is 0 Å². The van der Waals surface area contributed by atoms with Crippen LogP contribution in [0.25, 0.3) is 0 Å². The summed E-state index contributed by atoms with van der Waals surface area (Å²) in [5.41, 5.74) is 1.08. The molecule has 1 atom stereocenters. The lowest BCUT2D eigenvalue weighted by molar-refractivity contribution is 0.236. The fourth-order valence-electron chi connectivity index (χ4n) is 1.78. The first-order valence-corrected chi connectivity index (χ1v) is 5.61. The topological polar surface area (TPSA) is 50.1 Å². The van der Waals surface area contributed by atoms with Crippen LogP contribution in [-0.2, 0) is 0 Å². The van der Waals surface area contributed by atoms with Crippen molar-refractivity contribution >= 4 is 0 Å². The van der Waals surface area contributed by atoms with Crippen LogP contribution in [0.15, 0.2) is 12.5 Å². The molecule has 0 bridgehead atoms. The molecule has 2 rings (SSSR count). The lowest BCUT2D eigenvalue weighted by Crippen LogP contribution is -2.28. The Labute approximate surface area is 90.3 Å². The van der Waals surface area contributed by atoms with Gasteiger partial charge < -0.3 is 15.0 Å². The van der Waals surface area contributed by atoms with Crippen molar-refractivity contribution in [3.05, 3.63) is 18.2 Å². The number of imidazole rings is 1. The molecule has 4 nitrogen and oxygen atoms in total. The summed E-state index contributed by atoms with van der Waals surface area (Å²) in [6.45, 7) is 4.38. The van der Waals surface area contributed by atoms with Crippen LogP contribution in [0, 0.1) is 0 Å². The monoisotopic (exact) mass is 209 g/mol. The largest absolute Gasteiger partial charge is 0.394 e. The molecule has 0 radical (unpaired) electrons. The zero-order valence-electron chi connectivity index (χ0n) is 9.35. The Morgan fingerprint density at radius 3 is 2.87 bits per heavy atom. The van der Waals surface area contributed by atoms with E-state index in [-0.39, 0.29) is 12.6 Å². The molecule has 0 aromatic carbocycles. The summed E-state index contributed by atoms with van der Waals surface area (Å²) in [5.74, 6) is 0. The Balaban J connectivity index is 2.13. The summed E-state index contributed by atoms with van der Waals surface area (Å²) in [6.07, 6.45) is 6.13. The highest BCUT2D eigenvalue weighted by Gasteiger charge is 2.26. The van der Waals surface area contributed by atoms with Gasteiger partial charge in [0, 0.05) is 18.3 Å². The van der Waals surface area contributed by atoms with Gasteiger partial charge in [-0.05, 0) is 26.7 Å². The molecule has 1 fully saturated rings. The number of aromatic nitrogens is 2. The van der Waals surface area contributed by atoms with Gasteiger partial charge in [0.25, 0.3) is 0 Å². The second-order valence-corrected chi connectivity index (χ2v) is 4.50. The average molecular weight is 209 g/mol. The summed E-state index contributed by atoms with van der Waals surface area (Å²) in [4.78, 5) is 4.15. The minimum Gasteiger partial charge on any atom is -0.394 e. The Bertz CT molecular complexity index is 317. The van der Waals surface area contributed by atoms with E-state index in [0.29, 0.717) is 12.1 Å². The molecule has 1 aliphatic carbocycles. The molecular formula is C11H19N3O. The minimum atomic E-state index is 0.0300. The molecule has 0 saturated heterocycles. The van der Waals surface area contributed by atoms with E-state index < -0.39 is 0 Å². The first-order valence-electron chi connectivity index (χ1n) is 5.61. The van der Waals surface area contributed by atoms with E-state index in [1.807, 2.05) is 12.5 Å². The van der Waals surface area contributed by atoms with Gasteiger partial charge in [0.1, 0.15) is 0 Å². The van der Waals surface area contributed by atoms with Gasteiger partial charge in [0.2, 0.25) is 0 Å². The maximum Gasteiger partial charge on any atom is 0.0951 e. The molecule has 4 heteroatoms. The maximum absolute atomic E-state index is 9.38. The summed E-state index contributed by atoms with van der Waals surface area (Å²) in [5, 5.41) is 12.8. The molecule has 1 aromatic rings. The van der Waals surface area contributed by atoms with Gasteiger partial charge in [0.05, 0.1) is 24.7 Å². The first kappa shape index (κ1) is 10.6. The smallest absolute Gasteiger partial charge is 0.0951 e. The lowest BCUT2D eigenvalue weighted by Gasteiger charge is -2.20. The van der Waals surface area contributed by atoms with Crippen molar-refractivity contribution < 1.29 is 5.11 Å². The van der Waals surface area contributed by atoms with Crippen molar-refractivity contribution in [3.8, 4) is 0 Å². The van der Waals surface area contributed by atoms with Gasteiger partial charge in [-0.25, -0.2) is 4.98 Å². The third-order valence-corrected chi connectivity index (χ3v) is 2.81. The van der Waals surface area contributed by atoms with Gasteiger partial charge in [-0.2, -0.15) is 0 Å². The summed E-state index contributed by atoms with van der Waals surface area (Å²) >= 11 is 0. The first-order chi connectivity index (χ1) is 7.22. The second kappa shape index (κ2) is 4.33. The van der Waals surface area contributed by atoms with Gasteiger partial charge in [0.15, 0.2) is 0 Å². The van der Waals surface area contributed by atoms with Gasteiger partial charge in [-0.15, -0.1) is 0 Å². The van der Waals surface area contributed by atoms with Crippen LogP contribution >= 0.6 is 0 Å². The molecular weight excluding hydrogens is 190 g/mol. The highest BCUT2D eigenvalue weighted by molar-refractivity contribution is 5.08. The van der Waals surface area contributed by atoms with E-state index in [0.717, 1.165) is 5.69 Å².